The number of carbonyl (C=O) groups is 1. The molecule has 1 amide bonds. The first kappa shape index (κ1) is 21.9. The monoisotopic (exact) mass is 460 g/mol. The van der Waals surface area contributed by atoms with Crippen molar-refractivity contribution in [3.63, 3.8) is 0 Å². The van der Waals surface area contributed by atoms with Crippen LogP contribution in [0.15, 0.2) is 83.8 Å². The predicted octanol–water partition coefficient (Wildman–Crippen LogP) is 4.49. The Kier molecular flexibility index (Phi) is 5.68. The van der Waals surface area contributed by atoms with Crippen molar-refractivity contribution in [1.82, 2.24) is 0 Å². The highest BCUT2D eigenvalue weighted by atomic mass is 32.2. The van der Waals surface area contributed by atoms with E-state index in [2.05, 4.69) is 0 Å². The molecule has 9 heteroatoms. The van der Waals surface area contributed by atoms with Gasteiger partial charge in [-0.25, -0.2) is 8.42 Å². The van der Waals surface area contributed by atoms with Crippen molar-refractivity contribution in [1.29, 1.82) is 0 Å². The summed E-state index contributed by atoms with van der Waals surface area (Å²) >= 11 is 0. The summed E-state index contributed by atoms with van der Waals surface area (Å²) in [5.74, 6) is -0.521. The number of amides is 1. The van der Waals surface area contributed by atoms with Crippen LogP contribution >= 0.6 is 0 Å². The summed E-state index contributed by atoms with van der Waals surface area (Å²) in [4.78, 5) is 14.5. The molecule has 0 spiro atoms. The molecule has 1 heterocycles. The molecule has 0 saturated carbocycles. The van der Waals surface area contributed by atoms with Gasteiger partial charge < -0.3 is 4.90 Å². The number of benzene rings is 3. The summed E-state index contributed by atoms with van der Waals surface area (Å²) < 4.78 is 67.3. The molecule has 0 N–H and O–H groups in total. The molecule has 1 aliphatic heterocycles. The summed E-state index contributed by atoms with van der Waals surface area (Å²) in [6, 6.07) is 18.6. The first-order valence-electron chi connectivity index (χ1n) is 9.81. The van der Waals surface area contributed by atoms with Gasteiger partial charge in [-0.05, 0) is 48.4 Å². The number of anilines is 2. The number of para-hydroxylation sites is 1. The van der Waals surface area contributed by atoms with E-state index in [1.54, 1.807) is 18.2 Å². The highest BCUT2D eigenvalue weighted by Gasteiger charge is 2.34. The van der Waals surface area contributed by atoms with Gasteiger partial charge in [0.1, 0.15) is 6.54 Å². The molecule has 0 bridgehead atoms. The number of hydrogen-bond donors (Lipinski definition) is 0. The summed E-state index contributed by atoms with van der Waals surface area (Å²) in [7, 11) is -4.30. The van der Waals surface area contributed by atoms with Crippen molar-refractivity contribution in [2.75, 3.05) is 22.3 Å². The molecule has 0 fully saturated rings. The molecular formula is C23H19F3N2O3S. The van der Waals surface area contributed by atoms with Crippen LogP contribution < -0.4 is 9.21 Å². The zero-order valence-electron chi connectivity index (χ0n) is 16.8. The first-order valence-corrected chi connectivity index (χ1v) is 11.3. The maximum atomic E-state index is 13.4. The number of rotatable bonds is 5. The lowest BCUT2D eigenvalue weighted by molar-refractivity contribution is -0.137. The molecule has 0 saturated heterocycles. The van der Waals surface area contributed by atoms with Crippen molar-refractivity contribution in [2.45, 2.75) is 17.5 Å². The summed E-state index contributed by atoms with van der Waals surface area (Å²) in [6.07, 6.45) is -4.03. The number of halogens is 3. The van der Waals surface area contributed by atoms with Crippen LogP contribution in [0.25, 0.3) is 0 Å². The van der Waals surface area contributed by atoms with Crippen LogP contribution in [-0.2, 0) is 27.4 Å². The average Bonchev–Trinajstić information content (AvgIpc) is 3.22. The van der Waals surface area contributed by atoms with Gasteiger partial charge in [-0.2, -0.15) is 13.2 Å². The Morgan fingerprint density at radius 2 is 1.62 bits per heavy atom. The molecule has 0 radical (unpaired) electrons. The van der Waals surface area contributed by atoms with Crippen LogP contribution in [0.3, 0.4) is 0 Å². The van der Waals surface area contributed by atoms with Crippen molar-refractivity contribution in [2.24, 2.45) is 0 Å². The molecule has 0 aromatic heterocycles. The molecule has 3 aromatic carbocycles. The Labute approximate surface area is 183 Å². The second kappa shape index (κ2) is 8.31. The van der Waals surface area contributed by atoms with Crippen molar-refractivity contribution < 1.29 is 26.4 Å². The fourth-order valence-electron chi connectivity index (χ4n) is 3.68. The Balaban J connectivity index is 1.75. The van der Waals surface area contributed by atoms with Gasteiger partial charge in [-0.1, -0.05) is 42.5 Å². The minimum atomic E-state index is -4.66. The van der Waals surface area contributed by atoms with Gasteiger partial charge >= 0.3 is 6.18 Å². The molecule has 4 rings (SSSR count). The lowest BCUT2D eigenvalue weighted by Gasteiger charge is -2.27. The smallest absolute Gasteiger partial charge is 0.310 e. The molecule has 166 valence electrons. The zero-order valence-corrected chi connectivity index (χ0v) is 17.6. The zero-order chi connectivity index (χ0) is 22.9. The van der Waals surface area contributed by atoms with E-state index < -0.39 is 34.2 Å². The second-order valence-electron chi connectivity index (χ2n) is 7.30. The van der Waals surface area contributed by atoms with E-state index in [-0.39, 0.29) is 10.6 Å². The van der Waals surface area contributed by atoms with E-state index >= 15 is 0 Å². The molecule has 1 aliphatic rings. The Bertz CT molecular complexity index is 1240. The van der Waals surface area contributed by atoms with E-state index in [9.17, 15) is 26.4 Å². The molecule has 5 nitrogen and oxygen atoms in total. The maximum absolute atomic E-state index is 13.4. The summed E-state index contributed by atoms with van der Waals surface area (Å²) in [5, 5.41) is 0. The maximum Gasteiger partial charge on any atom is 0.416 e. The van der Waals surface area contributed by atoms with E-state index in [4.69, 9.17) is 0 Å². The van der Waals surface area contributed by atoms with Gasteiger partial charge in [0, 0.05) is 12.2 Å². The minimum Gasteiger partial charge on any atom is -0.310 e. The third-order valence-electron chi connectivity index (χ3n) is 5.26. The van der Waals surface area contributed by atoms with Crippen LogP contribution in [0.2, 0.25) is 0 Å². The van der Waals surface area contributed by atoms with Crippen LogP contribution in [0.5, 0.6) is 0 Å². The third-order valence-corrected chi connectivity index (χ3v) is 7.05. The number of sulfonamides is 1. The lowest BCUT2D eigenvalue weighted by atomic mass is 10.2. The van der Waals surface area contributed by atoms with Crippen LogP contribution in [0, 0.1) is 0 Å². The SMILES string of the molecule is O=C(CN(c1cccc(C(F)(F)F)c1)S(=O)(=O)c1ccccc1)N1CCc2ccccc21. The molecule has 0 unspecified atom stereocenters. The molecule has 0 atom stereocenters. The second-order valence-corrected chi connectivity index (χ2v) is 9.16. The van der Waals surface area contributed by atoms with Crippen molar-refractivity contribution in [3.8, 4) is 0 Å². The number of nitrogens with zero attached hydrogens (tertiary/aromatic N) is 2. The van der Waals surface area contributed by atoms with Crippen molar-refractivity contribution in [3.05, 3.63) is 90.0 Å². The lowest BCUT2D eigenvalue weighted by Crippen LogP contribution is -2.42. The first-order chi connectivity index (χ1) is 15.2. The van der Waals surface area contributed by atoms with E-state index in [1.807, 2.05) is 12.1 Å². The van der Waals surface area contributed by atoms with Crippen LogP contribution in [0.1, 0.15) is 11.1 Å². The molecule has 0 aliphatic carbocycles. The fourth-order valence-corrected chi connectivity index (χ4v) is 5.10. The Hall–Kier alpha value is -3.33. The largest absolute Gasteiger partial charge is 0.416 e. The third kappa shape index (κ3) is 4.20. The standard InChI is InChI=1S/C23H19F3N2O3S/c24-23(25,26)18-8-6-9-19(15-18)28(32(30,31)20-10-2-1-3-11-20)16-22(29)27-14-13-17-7-4-5-12-21(17)27/h1-12,15H,13-14,16H2. The molecule has 32 heavy (non-hydrogen) atoms. The normalized spacial score (nSPS) is 13.7. The highest BCUT2D eigenvalue weighted by molar-refractivity contribution is 7.92. The van der Waals surface area contributed by atoms with Gasteiger partial charge in [0.15, 0.2) is 0 Å². The van der Waals surface area contributed by atoms with Gasteiger partial charge in [-0.15, -0.1) is 0 Å². The van der Waals surface area contributed by atoms with E-state index in [0.29, 0.717) is 18.7 Å². The van der Waals surface area contributed by atoms with E-state index in [0.717, 1.165) is 28.1 Å². The molecule has 3 aromatic rings. The predicted molar refractivity (Wildman–Crippen MR) is 115 cm³/mol. The quantitative estimate of drug-likeness (QED) is 0.564. The summed E-state index contributed by atoms with van der Waals surface area (Å²) in [6.45, 7) is -0.257. The van der Waals surface area contributed by atoms with Crippen molar-refractivity contribution >= 4 is 27.3 Å². The number of hydrogen-bond acceptors (Lipinski definition) is 3. The topological polar surface area (TPSA) is 57.7 Å². The fraction of sp³-hybridized carbons (Fsp3) is 0.174. The minimum absolute atomic E-state index is 0.118. The van der Waals surface area contributed by atoms with Gasteiger partial charge in [0.05, 0.1) is 16.1 Å². The molecular weight excluding hydrogens is 441 g/mol. The summed E-state index contributed by atoms with van der Waals surface area (Å²) in [5.41, 5.74) is 0.405. The highest BCUT2D eigenvalue weighted by Crippen LogP contribution is 2.34. The van der Waals surface area contributed by atoms with Gasteiger partial charge in [0.2, 0.25) is 5.91 Å². The van der Waals surface area contributed by atoms with E-state index in [1.165, 1.54) is 35.2 Å². The average molecular weight is 460 g/mol. The number of fused-ring (bicyclic) bond motifs is 1. The van der Waals surface area contributed by atoms with Crippen LogP contribution in [-0.4, -0.2) is 27.4 Å². The Morgan fingerprint density at radius 3 is 2.34 bits per heavy atom. The Morgan fingerprint density at radius 1 is 0.938 bits per heavy atom. The number of carbonyl (C=O) groups excluding carboxylic acids is 1. The van der Waals surface area contributed by atoms with Gasteiger partial charge in [-0.3, -0.25) is 9.10 Å². The van der Waals surface area contributed by atoms with Crippen LogP contribution in [0.4, 0.5) is 24.5 Å². The number of alkyl halides is 3. The van der Waals surface area contributed by atoms with Gasteiger partial charge in [0.25, 0.3) is 10.0 Å².